The van der Waals surface area contributed by atoms with Crippen molar-refractivity contribution >= 4 is 11.9 Å². The maximum absolute atomic E-state index is 13.2. The van der Waals surface area contributed by atoms with E-state index in [0.29, 0.717) is 19.3 Å². The van der Waals surface area contributed by atoms with Crippen LogP contribution in [0.15, 0.2) is 48.6 Å². The smallest absolute Gasteiger partial charge is 0.306 e. The molecule has 0 aromatic rings. The first-order chi connectivity index (χ1) is 30.5. The van der Waals surface area contributed by atoms with E-state index in [9.17, 15) is 19.8 Å². The summed E-state index contributed by atoms with van der Waals surface area (Å²) >= 11 is 0. The summed E-state index contributed by atoms with van der Waals surface area (Å²) in [5.41, 5.74) is 0. The van der Waals surface area contributed by atoms with Gasteiger partial charge in [0.1, 0.15) is 6.10 Å². The van der Waals surface area contributed by atoms with Crippen molar-refractivity contribution in [1.29, 1.82) is 0 Å². The van der Waals surface area contributed by atoms with Gasteiger partial charge in [0.15, 0.2) is 0 Å². The molecule has 0 spiro atoms. The Labute approximate surface area is 385 Å². The van der Waals surface area contributed by atoms with Crippen molar-refractivity contribution < 1.29 is 24.5 Å². The minimum absolute atomic E-state index is 0.0517. The van der Waals surface area contributed by atoms with Crippen LogP contribution in [0.5, 0.6) is 0 Å². The molecule has 0 radical (unpaired) electrons. The molecule has 6 heteroatoms. The Kier molecular flexibility index (Phi) is 48.1. The molecule has 3 unspecified atom stereocenters. The molecular formula is C56H103NO5. The van der Waals surface area contributed by atoms with Gasteiger partial charge in [-0.3, -0.25) is 9.59 Å². The van der Waals surface area contributed by atoms with Gasteiger partial charge in [-0.1, -0.05) is 223 Å². The molecule has 0 fully saturated rings. The minimum Gasteiger partial charge on any atom is -0.462 e. The van der Waals surface area contributed by atoms with E-state index in [1.54, 1.807) is 0 Å². The van der Waals surface area contributed by atoms with Crippen molar-refractivity contribution in [3.63, 3.8) is 0 Å². The average molecular weight is 870 g/mol. The zero-order valence-corrected chi connectivity index (χ0v) is 41.3. The normalized spacial score (nSPS) is 13.6. The first-order valence-electron chi connectivity index (χ1n) is 26.9. The molecule has 3 atom stereocenters. The summed E-state index contributed by atoms with van der Waals surface area (Å²) in [6, 6.07) is -0.713. The number of amides is 1. The monoisotopic (exact) mass is 870 g/mol. The first kappa shape index (κ1) is 59.8. The minimum atomic E-state index is -0.797. The summed E-state index contributed by atoms with van der Waals surface area (Å²) in [6.45, 7) is 6.36. The third-order valence-corrected chi connectivity index (χ3v) is 12.1. The van der Waals surface area contributed by atoms with E-state index in [0.717, 1.165) is 77.0 Å². The Morgan fingerprint density at radius 2 is 0.871 bits per heavy atom. The van der Waals surface area contributed by atoms with Crippen molar-refractivity contribution in [1.82, 2.24) is 5.32 Å². The van der Waals surface area contributed by atoms with Gasteiger partial charge in [0, 0.05) is 6.42 Å². The number of carbonyl (C=O) groups is 2. The summed E-state index contributed by atoms with van der Waals surface area (Å²) in [5.74, 6) is -0.508. The third kappa shape index (κ3) is 44.4. The molecule has 0 heterocycles. The number of carbonyl (C=O) groups excluding carboxylic acids is 2. The van der Waals surface area contributed by atoms with Crippen molar-refractivity contribution in [3.8, 4) is 0 Å². The van der Waals surface area contributed by atoms with Crippen molar-refractivity contribution in [2.75, 3.05) is 6.61 Å². The largest absolute Gasteiger partial charge is 0.462 e. The zero-order chi connectivity index (χ0) is 45.2. The van der Waals surface area contributed by atoms with E-state index in [2.05, 4.69) is 74.7 Å². The summed E-state index contributed by atoms with van der Waals surface area (Å²) in [6.07, 6.45) is 60.4. The predicted molar refractivity (Wildman–Crippen MR) is 269 cm³/mol. The van der Waals surface area contributed by atoms with Gasteiger partial charge in [-0.2, -0.15) is 0 Å². The lowest BCUT2D eigenvalue weighted by Crippen LogP contribution is -2.46. The highest BCUT2D eigenvalue weighted by Gasteiger charge is 2.24. The van der Waals surface area contributed by atoms with E-state index >= 15 is 0 Å². The number of aliphatic hydroxyl groups excluding tert-OH is 2. The van der Waals surface area contributed by atoms with E-state index in [1.807, 2.05) is 0 Å². The second-order valence-electron chi connectivity index (χ2n) is 18.2. The molecule has 3 N–H and O–H groups in total. The van der Waals surface area contributed by atoms with Gasteiger partial charge in [0.2, 0.25) is 5.91 Å². The number of hydrogen-bond acceptors (Lipinski definition) is 5. The SMILES string of the molecule is CC/C=C/C/C=C/C/C=C/CCCCC(CC(=O)NC(CO)C(O)CCCCCCCCCCCCCC)OC(=O)CCCCCCCCCCC/C=C/CCCCCCCC. The molecule has 0 rings (SSSR count). The average Bonchev–Trinajstić information content (AvgIpc) is 3.26. The fourth-order valence-electron chi connectivity index (χ4n) is 8.09. The lowest BCUT2D eigenvalue weighted by molar-refractivity contribution is -0.151. The van der Waals surface area contributed by atoms with Gasteiger partial charge < -0.3 is 20.3 Å². The zero-order valence-electron chi connectivity index (χ0n) is 41.3. The molecule has 62 heavy (non-hydrogen) atoms. The number of esters is 1. The number of unbranched alkanes of at least 4 members (excludes halogenated alkanes) is 28. The summed E-state index contributed by atoms with van der Waals surface area (Å²) in [5, 5.41) is 23.7. The van der Waals surface area contributed by atoms with Crippen LogP contribution in [0.3, 0.4) is 0 Å². The highest BCUT2D eigenvalue weighted by atomic mass is 16.5. The van der Waals surface area contributed by atoms with Crippen LogP contribution in [0, 0.1) is 0 Å². The Balaban J connectivity index is 4.53. The maximum Gasteiger partial charge on any atom is 0.306 e. The van der Waals surface area contributed by atoms with Crippen molar-refractivity contribution in [2.24, 2.45) is 0 Å². The van der Waals surface area contributed by atoms with E-state index in [-0.39, 0.29) is 24.9 Å². The van der Waals surface area contributed by atoms with E-state index < -0.39 is 18.2 Å². The number of hydrogen-bond donors (Lipinski definition) is 3. The quantitative estimate of drug-likeness (QED) is 0.0322. The molecule has 0 aliphatic heterocycles. The van der Waals surface area contributed by atoms with E-state index in [1.165, 1.54) is 148 Å². The lowest BCUT2D eigenvalue weighted by atomic mass is 10.0. The lowest BCUT2D eigenvalue weighted by Gasteiger charge is -2.24. The van der Waals surface area contributed by atoms with Gasteiger partial charge in [0.05, 0.1) is 25.2 Å². The van der Waals surface area contributed by atoms with Crippen LogP contribution in [0.4, 0.5) is 0 Å². The highest BCUT2D eigenvalue weighted by molar-refractivity contribution is 5.77. The molecule has 0 saturated carbocycles. The fraction of sp³-hybridized carbons (Fsp3) is 0.821. The van der Waals surface area contributed by atoms with Crippen LogP contribution in [0.25, 0.3) is 0 Å². The van der Waals surface area contributed by atoms with Crippen LogP contribution in [0.1, 0.15) is 271 Å². The standard InChI is InChI=1S/C56H103NO5/c1-4-7-10-13-16-19-22-25-26-27-28-29-30-31-34-37-40-43-46-49-56(61)62-52(47-44-41-38-35-32-23-20-17-14-11-8-5-2)50-55(60)57-53(51-58)54(59)48-45-42-39-36-33-24-21-18-15-12-9-6-3/h8,11,17,20,25-26,32,35,52-54,58-59H,4-7,9-10,12-16,18-19,21-24,27-31,33-34,36-51H2,1-3H3,(H,57,60)/b11-8+,20-17+,26-25+,35-32+. The number of allylic oxidation sites excluding steroid dienone is 8. The summed E-state index contributed by atoms with van der Waals surface area (Å²) in [7, 11) is 0. The molecule has 0 aliphatic carbocycles. The van der Waals surface area contributed by atoms with Gasteiger partial charge in [0.25, 0.3) is 0 Å². The van der Waals surface area contributed by atoms with Crippen LogP contribution in [-0.4, -0.2) is 46.9 Å². The highest BCUT2D eigenvalue weighted by Crippen LogP contribution is 2.18. The Bertz CT molecular complexity index is 1070. The second kappa shape index (κ2) is 49.8. The van der Waals surface area contributed by atoms with Gasteiger partial charge in [-0.25, -0.2) is 0 Å². The fourth-order valence-corrected chi connectivity index (χ4v) is 8.09. The van der Waals surface area contributed by atoms with Gasteiger partial charge >= 0.3 is 5.97 Å². The molecular weight excluding hydrogens is 767 g/mol. The Morgan fingerprint density at radius 3 is 1.35 bits per heavy atom. The molecule has 0 aromatic heterocycles. The molecule has 362 valence electrons. The van der Waals surface area contributed by atoms with Crippen molar-refractivity contribution in [3.05, 3.63) is 48.6 Å². The van der Waals surface area contributed by atoms with Crippen LogP contribution >= 0.6 is 0 Å². The molecule has 1 amide bonds. The first-order valence-corrected chi connectivity index (χ1v) is 26.9. The molecule has 0 saturated heterocycles. The topological polar surface area (TPSA) is 95.9 Å². The van der Waals surface area contributed by atoms with Crippen LogP contribution in [-0.2, 0) is 14.3 Å². The van der Waals surface area contributed by atoms with Gasteiger partial charge in [-0.05, 0) is 83.5 Å². The second-order valence-corrected chi connectivity index (χ2v) is 18.2. The van der Waals surface area contributed by atoms with Crippen LogP contribution < -0.4 is 5.32 Å². The predicted octanol–water partition coefficient (Wildman–Crippen LogP) is 16.2. The Morgan fingerprint density at radius 1 is 0.484 bits per heavy atom. The maximum atomic E-state index is 13.2. The van der Waals surface area contributed by atoms with Gasteiger partial charge in [-0.15, -0.1) is 0 Å². The molecule has 0 aliphatic rings. The number of rotatable bonds is 48. The third-order valence-electron chi connectivity index (χ3n) is 12.1. The number of aliphatic hydroxyl groups is 2. The molecule has 6 nitrogen and oxygen atoms in total. The number of ether oxygens (including phenoxy) is 1. The van der Waals surface area contributed by atoms with Crippen molar-refractivity contribution in [2.45, 2.75) is 289 Å². The number of nitrogens with one attached hydrogen (secondary N) is 1. The molecule has 0 aromatic carbocycles. The Hall–Kier alpha value is -2.18. The summed E-state index contributed by atoms with van der Waals surface area (Å²) < 4.78 is 5.92. The van der Waals surface area contributed by atoms with Crippen LogP contribution in [0.2, 0.25) is 0 Å². The molecule has 0 bridgehead atoms. The van der Waals surface area contributed by atoms with E-state index in [4.69, 9.17) is 4.74 Å². The summed E-state index contributed by atoms with van der Waals surface area (Å²) in [4.78, 5) is 26.2.